The number of piperidine rings is 1. The van der Waals surface area contributed by atoms with Gasteiger partial charge >= 0.3 is 5.97 Å². The van der Waals surface area contributed by atoms with Crippen molar-refractivity contribution in [1.29, 1.82) is 0 Å². The topological polar surface area (TPSA) is 83.0 Å². The third-order valence-electron chi connectivity index (χ3n) is 4.66. The minimum atomic E-state index is -0.116. The summed E-state index contributed by atoms with van der Waals surface area (Å²) in [6, 6.07) is 5.52. The molecule has 162 valence electrons. The van der Waals surface area contributed by atoms with E-state index in [1.807, 2.05) is 26.0 Å². The van der Waals surface area contributed by atoms with Gasteiger partial charge in [0.1, 0.15) is 0 Å². The van der Waals surface area contributed by atoms with E-state index in [1.54, 1.807) is 13.1 Å². The zero-order valence-corrected chi connectivity index (χ0v) is 20.3. The number of carbonyl (C=O) groups is 2. The van der Waals surface area contributed by atoms with Crippen LogP contribution in [0.15, 0.2) is 23.2 Å². The fourth-order valence-electron chi connectivity index (χ4n) is 3.14. The molecule has 29 heavy (non-hydrogen) atoms. The zero-order valence-electron chi connectivity index (χ0n) is 17.2. The van der Waals surface area contributed by atoms with Crippen LogP contribution < -0.4 is 10.6 Å². The predicted octanol–water partition coefficient (Wildman–Crippen LogP) is 3.45. The van der Waals surface area contributed by atoms with Gasteiger partial charge in [-0.05, 0) is 44.4 Å². The van der Waals surface area contributed by atoms with E-state index in [0.29, 0.717) is 30.3 Å². The first-order valence-corrected chi connectivity index (χ1v) is 10.0. The first-order valence-electron chi connectivity index (χ1n) is 9.62. The Bertz CT molecular complexity index is 722. The zero-order chi connectivity index (χ0) is 20.5. The van der Waals surface area contributed by atoms with Gasteiger partial charge in [-0.3, -0.25) is 14.6 Å². The third kappa shape index (κ3) is 8.00. The maximum absolute atomic E-state index is 12.2. The number of amides is 1. The van der Waals surface area contributed by atoms with E-state index in [2.05, 4.69) is 20.5 Å². The lowest BCUT2D eigenvalue weighted by Crippen LogP contribution is -2.47. The highest BCUT2D eigenvalue weighted by atomic mass is 127. The summed E-state index contributed by atoms with van der Waals surface area (Å²) in [7, 11) is 1.71. The van der Waals surface area contributed by atoms with Gasteiger partial charge in [0.2, 0.25) is 5.91 Å². The minimum absolute atomic E-state index is 0. The largest absolute Gasteiger partial charge is 0.466 e. The maximum Gasteiger partial charge on any atom is 0.309 e. The molecule has 1 fully saturated rings. The van der Waals surface area contributed by atoms with Crippen molar-refractivity contribution >= 4 is 59.1 Å². The van der Waals surface area contributed by atoms with Crippen molar-refractivity contribution in [3.63, 3.8) is 0 Å². The number of rotatable bonds is 6. The quantitative estimate of drug-likeness (QED) is 0.252. The molecule has 7 nitrogen and oxygen atoms in total. The Kier molecular flexibility index (Phi) is 11.3. The second-order valence-corrected chi connectivity index (χ2v) is 7.18. The third-order valence-corrected chi connectivity index (χ3v) is 4.97. The van der Waals surface area contributed by atoms with Crippen LogP contribution in [0.25, 0.3) is 0 Å². The number of ether oxygens (including phenoxy) is 1. The lowest BCUT2D eigenvalue weighted by Gasteiger charge is -2.33. The lowest BCUT2D eigenvalue weighted by atomic mass is 9.97. The summed E-state index contributed by atoms with van der Waals surface area (Å²) in [6.45, 7) is 6.10. The maximum atomic E-state index is 12.2. The molecule has 0 radical (unpaired) electrons. The van der Waals surface area contributed by atoms with E-state index in [-0.39, 0.29) is 41.8 Å². The Morgan fingerprint density at radius 1 is 1.31 bits per heavy atom. The monoisotopic (exact) mass is 536 g/mol. The second kappa shape index (κ2) is 12.9. The molecular formula is C20H30ClIN4O3. The molecule has 1 aromatic rings. The molecule has 0 unspecified atom stereocenters. The average molecular weight is 537 g/mol. The first-order chi connectivity index (χ1) is 13.4. The molecule has 2 rings (SSSR count). The molecule has 9 heteroatoms. The Labute approximate surface area is 194 Å². The second-order valence-electron chi connectivity index (χ2n) is 6.77. The van der Waals surface area contributed by atoms with Gasteiger partial charge in [-0.2, -0.15) is 0 Å². The number of anilines is 1. The van der Waals surface area contributed by atoms with Gasteiger partial charge < -0.3 is 20.3 Å². The summed E-state index contributed by atoms with van der Waals surface area (Å²) in [5.74, 6) is 0.467. The SMILES string of the molecule is CCOC(=O)C1CCN(C(=NC)NCCC(=O)Nc2ccc(C)cc2Cl)CC1.I. The normalized spacial score (nSPS) is 14.8. The summed E-state index contributed by atoms with van der Waals surface area (Å²) in [6.07, 6.45) is 1.78. The molecule has 0 spiro atoms. The summed E-state index contributed by atoms with van der Waals surface area (Å²) < 4.78 is 5.10. The van der Waals surface area contributed by atoms with Crippen LogP contribution >= 0.6 is 35.6 Å². The average Bonchev–Trinajstić information content (AvgIpc) is 2.68. The van der Waals surface area contributed by atoms with E-state index in [1.165, 1.54) is 0 Å². The van der Waals surface area contributed by atoms with Gasteiger partial charge in [0.15, 0.2) is 5.96 Å². The number of carbonyl (C=O) groups excluding carboxylic acids is 2. The molecule has 1 aliphatic heterocycles. The van der Waals surface area contributed by atoms with Gasteiger partial charge in [-0.1, -0.05) is 17.7 Å². The first kappa shape index (κ1) is 25.5. The molecule has 0 aromatic heterocycles. The Morgan fingerprint density at radius 2 is 2.00 bits per heavy atom. The molecule has 1 saturated heterocycles. The fourth-order valence-corrected chi connectivity index (χ4v) is 3.42. The molecule has 0 atom stereocenters. The molecule has 0 aliphatic carbocycles. The van der Waals surface area contributed by atoms with Crippen LogP contribution in [0.5, 0.6) is 0 Å². The Hall–Kier alpha value is -1.55. The van der Waals surface area contributed by atoms with Gasteiger partial charge in [0.25, 0.3) is 0 Å². The number of nitrogens with one attached hydrogen (secondary N) is 2. The summed E-state index contributed by atoms with van der Waals surface area (Å²) >= 11 is 6.15. The number of hydrogen-bond acceptors (Lipinski definition) is 4. The van der Waals surface area contributed by atoms with Crippen LogP contribution in [-0.4, -0.2) is 56.0 Å². The number of aryl methyl sites for hydroxylation is 1. The highest BCUT2D eigenvalue weighted by Gasteiger charge is 2.27. The smallest absolute Gasteiger partial charge is 0.309 e. The van der Waals surface area contributed by atoms with Crippen molar-refractivity contribution in [2.45, 2.75) is 33.1 Å². The fraction of sp³-hybridized carbons (Fsp3) is 0.550. The molecule has 1 aromatic carbocycles. The molecule has 1 amide bonds. The summed E-state index contributed by atoms with van der Waals surface area (Å²) in [4.78, 5) is 30.4. The number of halogens is 2. The van der Waals surface area contributed by atoms with E-state index < -0.39 is 0 Å². The van der Waals surface area contributed by atoms with Gasteiger partial charge in [-0.25, -0.2) is 0 Å². The van der Waals surface area contributed by atoms with Gasteiger partial charge in [0, 0.05) is 33.1 Å². The van der Waals surface area contributed by atoms with E-state index >= 15 is 0 Å². The van der Waals surface area contributed by atoms with E-state index in [4.69, 9.17) is 16.3 Å². The van der Waals surface area contributed by atoms with Crippen LogP contribution in [0, 0.1) is 12.8 Å². The number of nitrogens with zero attached hydrogens (tertiary/aromatic N) is 2. The van der Waals surface area contributed by atoms with Crippen LogP contribution in [0.2, 0.25) is 5.02 Å². The van der Waals surface area contributed by atoms with Crippen LogP contribution in [0.4, 0.5) is 5.69 Å². The number of hydrogen-bond donors (Lipinski definition) is 2. The number of esters is 1. The molecule has 1 aliphatic rings. The number of benzene rings is 1. The van der Waals surface area contributed by atoms with Gasteiger partial charge in [-0.15, -0.1) is 24.0 Å². The van der Waals surface area contributed by atoms with Crippen LogP contribution in [0.1, 0.15) is 31.7 Å². The molecule has 1 heterocycles. The number of aliphatic imine (C=N–C) groups is 1. The van der Waals surface area contributed by atoms with Crippen molar-refractivity contribution < 1.29 is 14.3 Å². The highest BCUT2D eigenvalue weighted by Crippen LogP contribution is 2.22. The van der Waals surface area contributed by atoms with E-state index in [9.17, 15) is 9.59 Å². The minimum Gasteiger partial charge on any atom is -0.466 e. The van der Waals surface area contributed by atoms with Crippen LogP contribution in [0.3, 0.4) is 0 Å². The van der Waals surface area contributed by atoms with Crippen LogP contribution in [-0.2, 0) is 14.3 Å². The van der Waals surface area contributed by atoms with E-state index in [0.717, 1.165) is 37.5 Å². The summed E-state index contributed by atoms with van der Waals surface area (Å²) in [5, 5.41) is 6.57. The molecule has 0 saturated carbocycles. The van der Waals surface area contributed by atoms with Crippen molar-refractivity contribution in [3.8, 4) is 0 Å². The highest BCUT2D eigenvalue weighted by molar-refractivity contribution is 14.0. The predicted molar refractivity (Wildman–Crippen MR) is 127 cm³/mol. The number of guanidine groups is 1. The Morgan fingerprint density at radius 3 is 2.59 bits per heavy atom. The lowest BCUT2D eigenvalue weighted by molar-refractivity contribution is -0.149. The molecule has 2 N–H and O–H groups in total. The molecular weight excluding hydrogens is 507 g/mol. The van der Waals surface area contributed by atoms with Crippen molar-refractivity contribution in [2.24, 2.45) is 10.9 Å². The summed E-state index contributed by atoms with van der Waals surface area (Å²) in [5.41, 5.74) is 1.66. The number of likely N-dealkylation sites (tertiary alicyclic amines) is 1. The molecule has 0 bridgehead atoms. The van der Waals surface area contributed by atoms with Crippen molar-refractivity contribution in [1.82, 2.24) is 10.2 Å². The Balaban J connectivity index is 0.00000420. The van der Waals surface area contributed by atoms with Crippen molar-refractivity contribution in [2.75, 3.05) is 38.6 Å². The van der Waals surface area contributed by atoms with Gasteiger partial charge in [0.05, 0.1) is 23.2 Å². The van der Waals surface area contributed by atoms with Crippen molar-refractivity contribution in [3.05, 3.63) is 28.8 Å². The standard InChI is InChI=1S/C20H29ClN4O3.HI/c1-4-28-19(27)15-8-11-25(12-9-15)20(22-3)23-10-7-18(26)24-17-6-5-14(2)13-16(17)21;/h5-6,13,15H,4,7-12H2,1-3H3,(H,22,23)(H,24,26);1H.